The van der Waals surface area contributed by atoms with Crippen LogP contribution in [0.2, 0.25) is 0 Å². The highest BCUT2D eigenvalue weighted by molar-refractivity contribution is 7.19. The number of nitrogens with one attached hydrogen (secondary N) is 1. The molecule has 0 atom stereocenters. The smallest absolute Gasteiger partial charge is 0.0541 e. The number of hydrogen-bond acceptors (Lipinski definition) is 3. The predicted molar refractivity (Wildman–Crippen MR) is 76.9 cm³/mol. The third-order valence-corrected chi connectivity index (χ3v) is 4.85. The fourth-order valence-corrected chi connectivity index (χ4v) is 3.66. The van der Waals surface area contributed by atoms with Gasteiger partial charge in [-0.1, -0.05) is 18.2 Å². The average molecular weight is 261 g/mol. The van der Waals surface area contributed by atoms with E-state index in [9.17, 15) is 5.11 Å². The van der Waals surface area contributed by atoms with Crippen molar-refractivity contribution in [3.63, 3.8) is 0 Å². The molecule has 0 amide bonds. The van der Waals surface area contributed by atoms with E-state index in [1.165, 1.54) is 15.0 Å². The maximum absolute atomic E-state index is 9.48. The molecule has 1 heterocycles. The van der Waals surface area contributed by atoms with E-state index in [0.29, 0.717) is 6.04 Å². The summed E-state index contributed by atoms with van der Waals surface area (Å²) in [6.45, 7) is 0.958. The summed E-state index contributed by atoms with van der Waals surface area (Å²) in [5.74, 6) is 0. The van der Waals surface area contributed by atoms with Gasteiger partial charge < -0.3 is 10.4 Å². The quantitative estimate of drug-likeness (QED) is 0.888. The van der Waals surface area contributed by atoms with E-state index in [0.717, 1.165) is 32.2 Å². The predicted octanol–water partition coefficient (Wildman–Crippen LogP) is 3.29. The molecule has 96 valence electrons. The van der Waals surface area contributed by atoms with Crippen LogP contribution < -0.4 is 5.32 Å². The first-order valence-electron chi connectivity index (χ1n) is 6.70. The van der Waals surface area contributed by atoms with Crippen LogP contribution in [0.15, 0.2) is 30.3 Å². The van der Waals surface area contributed by atoms with Crippen LogP contribution in [0.1, 0.15) is 30.6 Å². The number of aliphatic hydroxyl groups is 1. The van der Waals surface area contributed by atoms with Crippen molar-refractivity contribution in [2.24, 2.45) is 0 Å². The lowest BCUT2D eigenvalue weighted by atomic mass is 9.93. The fraction of sp³-hybridized carbons (Fsp3) is 0.467. The minimum Gasteiger partial charge on any atom is -0.393 e. The number of hydrogen-bond donors (Lipinski definition) is 2. The Balaban J connectivity index is 1.59. The van der Waals surface area contributed by atoms with Gasteiger partial charge in [-0.15, -0.1) is 11.3 Å². The Morgan fingerprint density at radius 3 is 2.72 bits per heavy atom. The summed E-state index contributed by atoms with van der Waals surface area (Å²) in [5.41, 5.74) is 0. The summed E-state index contributed by atoms with van der Waals surface area (Å²) in [4.78, 5) is 1.40. The highest BCUT2D eigenvalue weighted by atomic mass is 32.1. The molecule has 1 aliphatic rings. The van der Waals surface area contributed by atoms with Crippen molar-refractivity contribution in [2.75, 3.05) is 0 Å². The topological polar surface area (TPSA) is 32.3 Å². The normalized spacial score (nSPS) is 24.5. The number of fused-ring (bicyclic) bond motifs is 1. The first kappa shape index (κ1) is 12.2. The van der Waals surface area contributed by atoms with Crippen molar-refractivity contribution in [2.45, 2.75) is 44.4 Å². The SMILES string of the molecule is OC1CCC(NCc2cc3ccccc3s2)CC1. The average Bonchev–Trinajstić information content (AvgIpc) is 2.81. The second-order valence-corrected chi connectivity index (χ2v) is 6.31. The molecular weight excluding hydrogens is 242 g/mol. The second-order valence-electron chi connectivity index (χ2n) is 5.14. The number of rotatable bonds is 3. The zero-order chi connectivity index (χ0) is 12.4. The van der Waals surface area contributed by atoms with Gasteiger partial charge in [-0.05, 0) is 43.2 Å². The molecule has 0 bridgehead atoms. The van der Waals surface area contributed by atoms with Crippen LogP contribution in [-0.2, 0) is 6.54 Å². The van der Waals surface area contributed by atoms with Crippen LogP contribution in [0.5, 0.6) is 0 Å². The summed E-state index contributed by atoms with van der Waals surface area (Å²) in [6.07, 6.45) is 4.04. The Morgan fingerprint density at radius 1 is 1.17 bits per heavy atom. The molecule has 0 spiro atoms. The van der Waals surface area contributed by atoms with Crippen molar-refractivity contribution in [3.8, 4) is 0 Å². The Kier molecular flexibility index (Phi) is 3.64. The minimum atomic E-state index is -0.0626. The van der Waals surface area contributed by atoms with Crippen molar-refractivity contribution < 1.29 is 5.11 Å². The highest BCUT2D eigenvalue weighted by Gasteiger charge is 2.18. The molecule has 1 aromatic carbocycles. The van der Waals surface area contributed by atoms with E-state index in [4.69, 9.17) is 0 Å². The highest BCUT2D eigenvalue weighted by Crippen LogP contribution is 2.26. The molecule has 1 saturated carbocycles. The molecule has 2 N–H and O–H groups in total. The number of aliphatic hydroxyl groups excluding tert-OH is 1. The van der Waals surface area contributed by atoms with E-state index in [1.54, 1.807) is 0 Å². The van der Waals surface area contributed by atoms with Gasteiger partial charge in [0.2, 0.25) is 0 Å². The largest absolute Gasteiger partial charge is 0.393 e. The Hall–Kier alpha value is -0.900. The van der Waals surface area contributed by atoms with Crippen molar-refractivity contribution in [3.05, 3.63) is 35.2 Å². The molecule has 3 heteroatoms. The lowest BCUT2D eigenvalue weighted by Gasteiger charge is -2.26. The molecule has 0 saturated heterocycles. The molecule has 0 unspecified atom stereocenters. The molecule has 1 aromatic heterocycles. The summed E-state index contributed by atoms with van der Waals surface area (Å²) in [7, 11) is 0. The van der Waals surface area contributed by atoms with Gasteiger partial charge in [-0.25, -0.2) is 0 Å². The molecule has 3 rings (SSSR count). The van der Waals surface area contributed by atoms with Crippen LogP contribution in [0, 0.1) is 0 Å². The van der Waals surface area contributed by atoms with E-state index in [1.807, 2.05) is 11.3 Å². The molecular formula is C15H19NOS. The lowest BCUT2D eigenvalue weighted by molar-refractivity contribution is 0.116. The summed E-state index contributed by atoms with van der Waals surface area (Å²) < 4.78 is 1.37. The summed E-state index contributed by atoms with van der Waals surface area (Å²) in [6, 6.07) is 11.4. The van der Waals surface area contributed by atoms with Crippen LogP contribution in [0.25, 0.3) is 10.1 Å². The van der Waals surface area contributed by atoms with Crippen molar-refractivity contribution in [1.82, 2.24) is 5.32 Å². The number of thiophene rings is 1. The van der Waals surface area contributed by atoms with Gasteiger partial charge in [0.15, 0.2) is 0 Å². The van der Waals surface area contributed by atoms with Crippen LogP contribution >= 0.6 is 11.3 Å². The van der Waals surface area contributed by atoms with Crippen LogP contribution in [-0.4, -0.2) is 17.3 Å². The molecule has 18 heavy (non-hydrogen) atoms. The maximum Gasteiger partial charge on any atom is 0.0541 e. The van der Waals surface area contributed by atoms with Crippen molar-refractivity contribution in [1.29, 1.82) is 0 Å². The maximum atomic E-state index is 9.48. The zero-order valence-corrected chi connectivity index (χ0v) is 11.2. The summed E-state index contributed by atoms with van der Waals surface area (Å²) in [5, 5.41) is 14.4. The molecule has 0 aliphatic heterocycles. The number of benzene rings is 1. The van der Waals surface area contributed by atoms with Gasteiger partial charge in [-0.3, -0.25) is 0 Å². The van der Waals surface area contributed by atoms with Crippen LogP contribution in [0.3, 0.4) is 0 Å². The third kappa shape index (κ3) is 2.74. The second kappa shape index (κ2) is 5.39. The zero-order valence-electron chi connectivity index (χ0n) is 10.4. The first-order chi connectivity index (χ1) is 8.81. The lowest BCUT2D eigenvalue weighted by Crippen LogP contribution is -2.33. The van der Waals surface area contributed by atoms with Gasteiger partial charge in [0, 0.05) is 22.2 Å². The van der Waals surface area contributed by atoms with Crippen LogP contribution in [0.4, 0.5) is 0 Å². The molecule has 2 nitrogen and oxygen atoms in total. The van der Waals surface area contributed by atoms with Gasteiger partial charge in [0.1, 0.15) is 0 Å². The Morgan fingerprint density at radius 2 is 1.94 bits per heavy atom. The molecule has 2 aromatic rings. The molecule has 1 aliphatic carbocycles. The fourth-order valence-electron chi connectivity index (χ4n) is 2.65. The van der Waals surface area contributed by atoms with E-state index >= 15 is 0 Å². The van der Waals surface area contributed by atoms with Crippen molar-refractivity contribution >= 4 is 21.4 Å². The summed E-state index contributed by atoms with van der Waals surface area (Å²) >= 11 is 1.87. The van der Waals surface area contributed by atoms with Gasteiger partial charge >= 0.3 is 0 Å². The minimum absolute atomic E-state index is 0.0626. The Labute approximate surface area is 112 Å². The molecule has 1 fully saturated rings. The van der Waals surface area contributed by atoms with Gasteiger partial charge in [0.05, 0.1) is 6.10 Å². The monoisotopic (exact) mass is 261 g/mol. The van der Waals surface area contributed by atoms with E-state index in [-0.39, 0.29) is 6.10 Å². The Bertz CT molecular complexity index is 481. The first-order valence-corrected chi connectivity index (χ1v) is 7.52. The van der Waals surface area contributed by atoms with E-state index < -0.39 is 0 Å². The van der Waals surface area contributed by atoms with E-state index in [2.05, 4.69) is 35.6 Å². The van der Waals surface area contributed by atoms with Gasteiger partial charge in [0.25, 0.3) is 0 Å². The third-order valence-electron chi connectivity index (χ3n) is 3.74. The standard InChI is InChI=1S/C15H19NOS/c17-13-7-5-12(6-8-13)16-10-14-9-11-3-1-2-4-15(11)18-14/h1-4,9,12-13,16-17H,5-8,10H2. The molecule has 0 radical (unpaired) electrons. The van der Waals surface area contributed by atoms with Gasteiger partial charge in [-0.2, -0.15) is 0 Å².